The second kappa shape index (κ2) is 6.86. The first kappa shape index (κ1) is 13.5. The quantitative estimate of drug-likeness (QED) is 0.739. The Morgan fingerprint density at radius 3 is 2.94 bits per heavy atom. The second-order valence-corrected chi connectivity index (χ2v) is 4.77. The Morgan fingerprint density at radius 1 is 1.56 bits per heavy atom. The van der Waals surface area contributed by atoms with Crippen LogP contribution in [0.5, 0.6) is 0 Å². The smallest absolute Gasteiger partial charge is 0.222 e. The van der Waals surface area contributed by atoms with Crippen molar-refractivity contribution in [3.63, 3.8) is 0 Å². The number of hydrogen-bond donors (Lipinski definition) is 2. The lowest BCUT2D eigenvalue weighted by atomic mass is 10.0. The molecule has 0 aromatic heterocycles. The zero-order valence-corrected chi connectivity index (χ0v) is 10.6. The molecule has 1 amide bonds. The summed E-state index contributed by atoms with van der Waals surface area (Å²) in [5.74, 6) is 0.0754. The van der Waals surface area contributed by atoms with Crippen LogP contribution in [0.2, 0.25) is 0 Å². The van der Waals surface area contributed by atoms with Crippen LogP contribution in [-0.4, -0.2) is 37.2 Å². The first-order valence-corrected chi connectivity index (χ1v) is 6.24. The van der Waals surface area contributed by atoms with Crippen molar-refractivity contribution in [3.8, 4) is 0 Å². The Morgan fingerprint density at radius 2 is 2.31 bits per heavy atom. The van der Waals surface area contributed by atoms with Crippen LogP contribution >= 0.6 is 0 Å². The van der Waals surface area contributed by atoms with Crippen molar-refractivity contribution in [1.29, 1.82) is 0 Å². The molecule has 0 aliphatic carbocycles. The third kappa shape index (κ3) is 4.94. The fourth-order valence-electron chi connectivity index (χ4n) is 1.94. The Balaban J connectivity index is 2.12. The zero-order chi connectivity index (χ0) is 12.0. The highest BCUT2D eigenvalue weighted by molar-refractivity contribution is 5.76. The summed E-state index contributed by atoms with van der Waals surface area (Å²) in [6, 6.07) is 0.615. The van der Waals surface area contributed by atoms with Crippen molar-refractivity contribution in [2.45, 2.75) is 58.2 Å². The van der Waals surface area contributed by atoms with E-state index in [1.165, 1.54) is 0 Å². The first-order valence-electron chi connectivity index (χ1n) is 6.24. The molecule has 0 aromatic rings. The van der Waals surface area contributed by atoms with E-state index in [9.17, 15) is 4.79 Å². The van der Waals surface area contributed by atoms with Crippen LogP contribution < -0.4 is 10.6 Å². The van der Waals surface area contributed by atoms with Gasteiger partial charge in [-0.1, -0.05) is 0 Å². The van der Waals surface area contributed by atoms with Gasteiger partial charge in [0.05, 0.1) is 12.7 Å². The van der Waals surface area contributed by atoms with Crippen molar-refractivity contribution in [2.24, 2.45) is 0 Å². The van der Waals surface area contributed by atoms with Gasteiger partial charge in [0, 0.05) is 18.5 Å². The van der Waals surface area contributed by atoms with Crippen LogP contribution in [-0.2, 0) is 9.53 Å². The van der Waals surface area contributed by atoms with Gasteiger partial charge in [-0.2, -0.15) is 0 Å². The van der Waals surface area contributed by atoms with Gasteiger partial charge < -0.3 is 15.4 Å². The standard InChI is InChI=1S/C12H24N2O2/c1-9(2)14-12(15)6-8-16-11-5-4-7-13-10(11)3/h9-11,13H,4-8H2,1-3H3,(H,14,15). The molecule has 16 heavy (non-hydrogen) atoms. The third-order valence-corrected chi connectivity index (χ3v) is 2.80. The summed E-state index contributed by atoms with van der Waals surface area (Å²) < 4.78 is 5.72. The van der Waals surface area contributed by atoms with Crippen LogP contribution in [0.3, 0.4) is 0 Å². The molecule has 1 rings (SSSR count). The number of nitrogens with one attached hydrogen (secondary N) is 2. The molecule has 0 spiro atoms. The summed E-state index contributed by atoms with van der Waals surface area (Å²) in [4.78, 5) is 11.4. The Labute approximate surface area is 98.1 Å². The van der Waals surface area contributed by atoms with E-state index in [1.807, 2.05) is 13.8 Å². The number of ether oxygens (including phenoxy) is 1. The van der Waals surface area contributed by atoms with Crippen LogP contribution in [0.1, 0.15) is 40.0 Å². The Kier molecular flexibility index (Phi) is 5.77. The summed E-state index contributed by atoms with van der Waals surface area (Å²) in [5, 5.41) is 6.23. The SMILES string of the molecule is CC(C)NC(=O)CCOC1CCCNC1C. The number of rotatable bonds is 5. The molecule has 94 valence electrons. The van der Waals surface area contributed by atoms with Crippen molar-refractivity contribution in [1.82, 2.24) is 10.6 Å². The van der Waals surface area contributed by atoms with Crippen LogP contribution in [0.15, 0.2) is 0 Å². The minimum Gasteiger partial charge on any atom is -0.376 e. The normalized spacial score (nSPS) is 25.8. The number of carbonyl (C=O) groups excluding carboxylic acids is 1. The Hall–Kier alpha value is -0.610. The molecule has 0 saturated carbocycles. The number of carbonyl (C=O) groups is 1. The summed E-state index contributed by atoms with van der Waals surface area (Å²) in [6.45, 7) is 7.67. The van der Waals surface area contributed by atoms with Gasteiger partial charge in [0.1, 0.15) is 0 Å². The summed E-state index contributed by atoms with van der Waals surface area (Å²) in [7, 11) is 0. The van der Waals surface area contributed by atoms with E-state index < -0.39 is 0 Å². The van der Waals surface area contributed by atoms with Gasteiger partial charge >= 0.3 is 0 Å². The van der Waals surface area contributed by atoms with Gasteiger partial charge in [0.15, 0.2) is 0 Å². The predicted octanol–water partition coefficient (Wildman–Crippen LogP) is 1.06. The van der Waals surface area contributed by atoms with E-state index >= 15 is 0 Å². The summed E-state index contributed by atoms with van der Waals surface area (Å²) >= 11 is 0. The van der Waals surface area contributed by atoms with Gasteiger partial charge in [-0.05, 0) is 40.2 Å². The molecule has 4 heteroatoms. The zero-order valence-electron chi connectivity index (χ0n) is 10.6. The molecule has 0 aromatic carbocycles. The van der Waals surface area contributed by atoms with E-state index in [1.54, 1.807) is 0 Å². The lowest BCUT2D eigenvalue weighted by Gasteiger charge is -2.29. The predicted molar refractivity (Wildman–Crippen MR) is 64.3 cm³/mol. The molecule has 1 aliphatic heterocycles. The fraction of sp³-hybridized carbons (Fsp3) is 0.917. The maximum absolute atomic E-state index is 11.4. The van der Waals surface area contributed by atoms with Crippen LogP contribution in [0, 0.1) is 0 Å². The summed E-state index contributed by atoms with van der Waals surface area (Å²) in [5.41, 5.74) is 0. The maximum atomic E-state index is 11.4. The molecular weight excluding hydrogens is 204 g/mol. The minimum atomic E-state index is 0.0754. The highest BCUT2D eigenvalue weighted by Gasteiger charge is 2.21. The number of piperidine rings is 1. The second-order valence-electron chi connectivity index (χ2n) is 4.77. The maximum Gasteiger partial charge on any atom is 0.222 e. The molecular formula is C12H24N2O2. The van der Waals surface area contributed by atoms with E-state index in [4.69, 9.17) is 4.74 Å². The first-order chi connectivity index (χ1) is 7.59. The van der Waals surface area contributed by atoms with Crippen LogP contribution in [0.25, 0.3) is 0 Å². The largest absolute Gasteiger partial charge is 0.376 e. The van der Waals surface area contributed by atoms with Crippen LogP contribution in [0.4, 0.5) is 0 Å². The van der Waals surface area contributed by atoms with Gasteiger partial charge in [-0.25, -0.2) is 0 Å². The van der Waals surface area contributed by atoms with E-state index in [0.717, 1.165) is 19.4 Å². The third-order valence-electron chi connectivity index (χ3n) is 2.80. The fourth-order valence-corrected chi connectivity index (χ4v) is 1.94. The van der Waals surface area contributed by atoms with E-state index in [2.05, 4.69) is 17.6 Å². The lowest BCUT2D eigenvalue weighted by Crippen LogP contribution is -2.44. The number of amides is 1. The Bertz CT molecular complexity index is 219. The van der Waals surface area contributed by atoms with Crippen molar-refractivity contribution >= 4 is 5.91 Å². The van der Waals surface area contributed by atoms with E-state index in [-0.39, 0.29) is 18.1 Å². The molecule has 1 saturated heterocycles. The lowest BCUT2D eigenvalue weighted by molar-refractivity contribution is -0.123. The molecule has 0 radical (unpaired) electrons. The van der Waals surface area contributed by atoms with Gasteiger partial charge in [-0.15, -0.1) is 0 Å². The highest BCUT2D eigenvalue weighted by Crippen LogP contribution is 2.12. The topological polar surface area (TPSA) is 50.4 Å². The molecule has 2 unspecified atom stereocenters. The summed E-state index contributed by atoms with van der Waals surface area (Å²) in [6.07, 6.45) is 2.98. The van der Waals surface area contributed by atoms with Gasteiger partial charge in [0.25, 0.3) is 0 Å². The van der Waals surface area contributed by atoms with Gasteiger partial charge in [0.2, 0.25) is 5.91 Å². The molecule has 2 atom stereocenters. The average molecular weight is 228 g/mol. The molecule has 2 N–H and O–H groups in total. The molecule has 1 heterocycles. The minimum absolute atomic E-state index is 0.0754. The molecule has 4 nitrogen and oxygen atoms in total. The highest BCUT2D eigenvalue weighted by atomic mass is 16.5. The molecule has 1 fully saturated rings. The molecule has 0 bridgehead atoms. The molecule has 1 aliphatic rings. The van der Waals surface area contributed by atoms with E-state index in [0.29, 0.717) is 19.1 Å². The monoisotopic (exact) mass is 228 g/mol. The van der Waals surface area contributed by atoms with Gasteiger partial charge in [-0.3, -0.25) is 4.79 Å². The van der Waals surface area contributed by atoms with Crippen molar-refractivity contribution < 1.29 is 9.53 Å². The average Bonchev–Trinajstić information content (AvgIpc) is 2.19. The number of hydrogen-bond acceptors (Lipinski definition) is 3. The van der Waals surface area contributed by atoms with Crippen molar-refractivity contribution in [2.75, 3.05) is 13.2 Å². The van der Waals surface area contributed by atoms with Crippen molar-refractivity contribution in [3.05, 3.63) is 0 Å².